The van der Waals surface area contributed by atoms with Crippen molar-refractivity contribution in [1.82, 2.24) is 15.0 Å². The first-order valence-electron chi connectivity index (χ1n) is 6.47. The van der Waals surface area contributed by atoms with Crippen molar-refractivity contribution < 1.29 is 4.92 Å². The van der Waals surface area contributed by atoms with Gasteiger partial charge in [0.25, 0.3) is 0 Å². The summed E-state index contributed by atoms with van der Waals surface area (Å²) in [5, 5.41) is 16.0. The number of aromatic nitrogens is 2. The summed E-state index contributed by atoms with van der Waals surface area (Å²) < 4.78 is 0. The Hall–Kier alpha value is -1.96. The summed E-state index contributed by atoms with van der Waals surface area (Å²) in [6.45, 7) is 4.18. The van der Waals surface area contributed by atoms with E-state index in [0.29, 0.717) is 6.54 Å². The molecule has 1 saturated heterocycles. The van der Waals surface area contributed by atoms with Crippen molar-refractivity contribution >= 4 is 17.3 Å². The average molecular weight is 266 g/mol. The van der Waals surface area contributed by atoms with Crippen LogP contribution in [0.25, 0.3) is 0 Å². The van der Waals surface area contributed by atoms with Crippen molar-refractivity contribution in [2.45, 2.75) is 26.2 Å². The molecule has 0 unspecified atom stereocenters. The molecule has 8 nitrogen and oxygen atoms in total. The molecule has 0 atom stereocenters. The van der Waals surface area contributed by atoms with Crippen LogP contribution >= 0.6 is 0 Å². The molecule has 2 N–H and O–H groups in total. The third kappa shape index (κ3) is 3.28. The molecule has 0 aromatic carbocycles. The Morgan fingerprint density at radius 1 is 1.32 bits per heavy atom. The number of nitrogens with zero attached hydrogens (tertiary/aromatic N) is 4. The smallest absolute Gasteiger partial charge is 0.354 e. The fraction of sp³-hybridized carbons (Fsp3) is 0.636. The van der Waals surface area contributed by atoms with Gasteiger partial charge in [0.2, 0.25) is 11.6 Å². The van der Waals surface area contributed by atoms with E-state index in [-0.39, 0.29) is 17.3 Å². The van der Waals surface area contributed by atoms with Gasteiger partial charge in [0.05, 0.1) is 4.92 Å². The molecule has 2 heterocycles. The van der Waals surface area contributed by atoms with Gasteiger partial charge in [-0.1, -0.05) is 6.42 Å². The Kier molecular flexibility index (Phi) is 4.45. The number of nitro groups is 1. The Morgan fingerprint density at radius 3 is 2.63 bits per heavy atom. The molecule has 0 saturated carbocycles. The van der Waals surface area contributed by atoms with Crippen molar-refractivity contribution in [3.8, 4) is 0 Å². The van der Waals surface area contributed by atoms with E-state index in [0.717, 1.165) is 25.9 Å². The Labute approximate surface area is 111 Å². The highest BCUT2D eigenvalue weighted by Crippen LogP contribution is 2.29. The molecule has 0 bridgehead atoms. The Bertz CT molecular complexity index is 447. The first-order chi connectivity index (χ1) is 9.22. The molecular formula is C11H18N6O2. The van der Waals surface area contributed by atoms with E-state index in [1.54, 1.807) is 0 Å². The molecule has 0 radical (unpaired) electrons. The molecule has 1 aromatic heterocycles. The first-order valence-corrected chi connectivity index (χ1v) is 6.47. The van der Waals surface area contributed by atoms with Gasteiger partial charge in [-0.15, -0.1) is 0 Å². The lowest BCUT2D eigenvalue weighted by Crippen LogP contribution is -2.35. The molecule has 1 fully saturated rings. The zero-order chi connectivity index (χ0) is 13.7. The highest BCUT2D eigenvalue weighted by atomic mass is 16.6. The van der Waals surface area contributed by atoms with E-state index in [2.05, 4.69) is 20.7 Å². The number of nitrogens with one attached hydrogen (secondary N) is 2. The maximum absolute atomic E-state index is 11.2. The molecule has 2 rings (SSSR count). The van der Waals surface area contributed by atoms with Crippen molar-refractivity contribution in [3.05, 3.63) is 16.4 Å². The van der Waals surface area contributed by atoms with Gasteiger partial charge < -0.3 is 5.32 Å². The van der Waals surface area contributed by atoms with E-state index in [4.69, 9.17) is 0 Å². The van der Waals surface area contributed by atoms with E-state index >= 15 is 0 Å². The van der Waals surface area contributed by atoms with Crippen molar-refractivity contribution in [1.29, 1.82) is 0 Å². The van der Waals surface area contributed by atoms with Gasteiger partial charge in [-0.05, 0) is 19.8 Å². The number of rotatable bonds is 5. The molecular weight excluding hydrogens is 248 g/mol. The molecule has 1 aliphatic heterocycles. The predicted octanol–water partition coefficient (Wildman–Crippen LogP) is 1.63. The van der Waals surface area contributed by atoms with Gasteiger partial charge in [-0.2, -0.15) is 0 Å². The normalized spacial score (nSPS) is 16.1. The zero-order valence-corrected chi connectivity index (χ0v) is 10.9. The highest BCUT2D eigenvalue weighted by molar-refractivity contribution is 5.68. The number of piperidine rings is 1. The molecule has 0 spiro atoms. The third-order valence-corrected chi connectivity index (χ3v) is 2.97. The van der Waals surface area contributed by atoms with E-state index in [1.165, 1.54) is 12.7 Å². The fourth-order valence-corrected chi connectivity index (χ4v) is 2.09. The van der Waals surface area contributed by atoms with Gasteiger partial charge in [-0.25, -0.2) is 15.0 Å². The van der Waals surface area contributed by atoms with Crippen LogP contribution < -0.4 is 10.7 Å². The number of hydrazine groups is 1. The van der Waals surface area contributed by atoms with Crippen molar-refractivity contribution in [2.75, 3.05) is 30.4 Å². The van der Waals surface area contributed by atoms with Gasteiger partial charge in [0, 0.05) is 19.6 Å². The van der Waals surface area contributed by atoms with Crippen molar-refractivity contribution in [2.24, 2.45) is 0 Å². The van der Waals surface area contributed by atoms with Crippen LogP contribution in [0.1, 0.15) is 26.2 Å². The summed E-state index contributed by atoms with van der Waals surface area (Å²) in [7, 11) is 0. The minimum absolute atomic E-state index is 0.102. The summed E-state index contributed by atoms with van der Waals surface area (Å²) in [5.41, 5.74) is 2.93. The first kappa shape index (κ1) is 13.5. The van der Waals surface area contributed by atoms with E-state index < -0.39 is 4.92 Å². The van der Waals surface area contributed by atoms with Crippen LogP contribution in [-0.4, -0.2) is 39.5 Å². The topological polar surface area (TPSA) is 96.2 Å². The van der Waals surface area contributed by atoms with Crippen LogP contribution in [0.5, 0.6) is 0 Å². The standard InChI is InChI=1S/C11H18N6O2/c1-2-12-10-9(17(18)19)11(14-8-13-10)15-16-6-4-3-5-7-16/h8H,2-7H2,1H3,(H2,12,13,14,15). The zero-order valence-electron chi connectivity index (χ0n) is 10.9. The number of hydrogen-bond donors (Lipinski definition) is 2. The van der Waals surface area contributed by atoms with Gasteiger partial charge in [0.15, 0.2) is 0 Å². The van der Waals surface area contributed by atoms with E-state index in [9.17, 15) is 10.1 Å². The van der Waals surface area contributed by atoms with Gasteiger partial charge in [-0.3, -0.25) is 15.5 Å². The number of hydrogen-bond acceptors (Lipinski definition) is 7. The fourth-order valence-electron chi connectivity index (χ4n) is 2.09. The quantitative estimate of drug-likeness (QED) is 0.617. The molecule has 8 heteroatoms. The van der Waals surface area contributed by atoms with Crippen LogP contribution in [0, 0.1) is 10.1 Å². The van der Waals surface area contributed by atoms with Crippen molar-refractivity contribution in [3.63, 3.8) is 0 Å². The maximum atomic E-state index is 11.2. The molecule has 19 heavy (non-hydrogen) atoms. The highest BCUT2D eigenvalue weighted by Gasteiger charge is 2.24. The lowest BCUT2D eigenvalue weighted by Gasteiger charge is -2.27. The van der Waals surface area contributed by atoms with Crippen LogP contribution in [-0.2, 0) is 0 Å². The molecule has 0 amide bonds. The van der Waals surface area contributed by atoms with Crippen LogP contribution in [0.3, 0.4) is 0 Å². The maximum Gasteiger partial charge on any atom is 0.354 e. The predicted molar refractivity (Wildman–Crippen MR) is 71.9 cm³/mol. The SMILES string of the molecule is CCNc1ncnc(NN2CCCCC2)c1[N+](=O)[O-]. The summed E-state index contributed by atoms with van der Waals surface area (Å²) in [6.07, 6.45) is 4.71. The Balaban J connectivity index is 2.22. The largest absolute Gasteiger partial charge is 0.364 e. The summed E-state index contributed by atoms with van der Waals surface area (Å²) in [5.74, 6) is 0.500. The van der Waals surface area contributed by atoms with Crippen LogP contribution in [0.2, 0.25) is 0 Å². The lowest BCUT2D eigenvalue weighted by atomic mass is 10.2. The monoisotopic (exact) mass is 266 g/mol. The molecule has 1 aliphatic rings. The number of anilines is 2. The summed E-state index contributed by atoms with van der Waals surface area (Å²) in [4.78, 5) is 18.6. The molecule has 1 aromatic rings. The minimum atomic E-state index is -0.454. The van der Waals surface area contributed by atoms with Crippen LogP contribution in [0.4, 0.5) is 17.3 Å². The third-order valence-electron chi connectivity index (χ3n) is 2.97. The average Bonchev–Trinajstić information content (AvgIpc) is 2.40. The Morgan fingerprint density at radius 2 is 2.00 bits per heavy atom. The molecule has 0 aliphatic carbocycles. The minimum Gasteiger partial charge on any atom is -0.364 e. The molecule has 104 valence electrons. The summed E-state index contributed by atoms with van der Waals surface area (Å²) >= 11 is 0. The summed E-state index contributed by atoms with van der Waals surface area (Å²) in [6, 6.07) is 0. The van der Waals surface area contributed by atoms with E-state index in [1.807, 2.05) is 11.9 Å². The van der Waals surface area contributed by atoms with Crippen LogP contribution in [0.15, 0.2) is 6.33 Å². The van der Waals surface area contributed by atoms with Gasteiger partial charge >= 0.3 is 5.69 Å². The second-order valence-corrected chi connectivity index (χ2v) is 4.37. The second kappa shape index (κ2) is 6.28. The van der Waals surface area contributed by atoms with Gasteiger partial charge in [0.1, 0.15) is 6.33 Å². The second-order valence-electron chi connectivity index (χ2n) is 4.37. The lowest BCUT2D eigenvalue weighted by molar-refractivity contribution is -0.383.